The van der Waals surface area contributed by atoms with Crippen LogP contribution in [-0.4, -0.2) is 23.2 Å². The van der Waals surface area contributed by atoms with E-state index in [4.69, 9.17) is 4.74 Å². The van der Waals surface area contributed by atoms with E-state index < -0.39 is 0 Å². The van der Waals surface area contributed by atoms with Crippen LogP contribution in [0.5, 0.6) is 0 Å². The van der Waals surface area contributed by atoms with Crippen LogP contribution >= 0.6 is 15.9 Å². The van der Waals surface area contributed by atoms with Gasteiger partial charge >= 0.3 is 0 Å². The Kier molecular flexibility index (Phi) is 2.98. The number of aromatic amines is 1. The fourth-order valence-corrected chi connectivity index (χ4v) is 1.95. The molecule has 2 rings (SSSR count). The average molecular weight is 259 g/mol. The molecule has 0 spiro atoms. The molecule has 0 saturated carbocycles. The SMILES string of the molecule is O=c1[nH]cc(Br)nc1C1CCOCC1. The number of hydrogen-bond acceptors (Lipinski definition) is 3. The lowest BCUT2D eigenvalue weighted by Gasteiger charge is -2.20. The minimum atomic E-state index is -0.0832. The summed E-state index contributed by atoms with van der Waals surface area (Å²) in [6.45, 7) is 1.44. The first-order valence-electron chi connectivity index (χ1n) is 4.60. The number of nitrogens with zero attached hydrogens (tertiary/aromatic N) is 1. The van der Waals surface area contributed by atoms with Gasteiger partial charge in [-0.3, -0.25) is 4.79 Å². The first kappa shape index (κ1) is 9.86. The van der Waals surface area contributed by atoms with E-state index in [2.05, 4.69) is 25.9 Å². The molecule has 0 atom stereocenters. The smallest absolute Gasteiger partial charge is 0.270 e. The quantitative estimate of drug-likeness (QED) is 0.829. The molecular weight excluding hydrogens is 248 g/mol. The maximum absolute atomic E-state index is 11.5. The van der Waals surface area contributed by atoms with Crippen LogP contribution in [0, 0.1) is 0 Å². The number of nitrogens with one attached hydrogen (secondary N) is 1. The Bertz CT molecular complexity index is 371. The summed E-state index contributed by atoms with van der Waals surface area (Å²) in [7, 11) is 0. The highest BCUT2D eigenvalue weighted by molar-refractivity contribution is 9.10. The van der Waals surface area contributed by atoms with Gasteiger partial charge in [0.05, 0.1) is 0 Å². The van der Waals surface area contributed by atoms with Crippen molar-refractivity contribution in [3.63, 3.8) is 0 Å². The zero-order chi connectivity index (χ0) is 9.97. The highest BCUT2D eigenvalue weighted by Gasteiger charge is 2.20. The van der Waals surface area contributed by atoms with Gasteiger partial charge in [0.2, 0.25) is 0 Å². The van der Waals surface area contributed by atoms with Crippen molar-refractivity contribution < 1.29 is 4.74 Å². The molecule has 2 heterocycles. The predicted octanol–water partition coefficient (Wildman–Crippen LogP) is 1.43. The van der Waals surface area contributed by atoms with Gasteiger partial charge in [-0.15, -0.1) is 0 Å². The van der Waals surface area contributed by atoms with E-state index in [-0.39, 0.29) is 11.5 Å². The van der Waals surface area contributed by atoms with Crippen LogP contribution in [0.4, 0.5) is 0 Å². The van der Waals surface area contributed by atoms with Gasteiger partial charge in [-0.2, -0.15) is 0 Å². The molecule has 0 unspecified atom stereocenters. The third-order valence-corrected chi connectivity index (χ3v) is 2.80. The normalized spacial score (nSPS) is 18.4. The summed E-state index contributed by atoms with van der Waals surface area (Å²) < 4.78 is 5.92. The van der Waals surface area contributed by atoms with Crippen LogP contribution in [0.3, 0.4) is 0 Å². The molecule has 5 heteroatoms. The average Bonchev–Trinajstić information content (AvgIpc) is 2.23. The maximum atomic E-state index is 11.5. The summed E-state index contributed by atoms with van der Waals surface area (Å²) in [6.07, 6.45) is 3.32. The van der Waals surface area contributed by atoms with Gasteiger partial charge in [-0.25, -0.2) is 4.98 Å². The molecule has 1 aliphatic heterocycles. The molecule has 1 aliphatic rings. The summed E-state index contributed by atoms with van der Waals surface area (Å²) in [5.74, 6) is 0.241. The molecule has 14 heavy (non-hydrogen) atoms. The highest BCUT2D eigenvalue weighted by Crippen LogP contribution is 2.23. The molecule has 0 aliphatic carbocycles. The first-order valence-corrected chi connectivity index (χ1v) is 5.39. The van der Waals surface area contributed by atoms with Crippen molar-refractivity contribution in [3.05, 3.63) is 26.8 Å². The minimum absolute atomic E-state index is 0.0832. The lowest BCUT2D eigenvalue weighted by atomic mass is 9.97. The molecule has 4 nitrogen and oxygen atoms in total. The van der Waals surface area contributed by atoms with Crippen LogP contribution < -0.4 is 5.56 Å². The van der Waals surface area contributed by atoms with Gasteiger partial charge in [-0.1, -0.05) is 0 Å². The van der Waals surface area contributed by atoms with Gasteiger partial charge in [0.25, 0.3) is 5.56 Å². The van der Waals surface area contributed by atoms with Gasteiger partial charge in [0.1, 0.15) is 10.3 Å². The lowest BCUT2D eigenvalue weighted by molar-refractivity contribution is 0.0841. The number of rotatable bonds is 1. The number of H-pyrrole nitrogens is 1. The topological polar surface area (TPSA) is 55.0 Å². The van der Waals surface area contributed by atoms with Crippen LogP contribution in [0.2, 0.25) is 0 Å². The Hall–Kier alpha value is -0.680. The van der Waals surface area contributed by atoms with Gasteiger partial charge in [-0.05, 0) is 28.8 Å². The monoisotopic (exact) mass is 258 g/mol. The van der Waals surface area contributed by atoms with Crippen molar-refractivity contribution in [1.29, 1.82) is 0 Å². The lowest BCUT2D eigenvalue weighted by Crippen LogP contribution is -2.23. The van der Waals surface area contributed by atoms with Gasteiger partial charge < -0.3 is 9.72 Å². The largest absolute Gasteiger partial charge is 0.381 e. The van der Waals surface area contributed by atoms with E-state index in [0.717, 1.165) is 26.1 Å². The van der Waals surface area contributed by atoms with Crippen molar-refractivity contribution in [2.24, 2.45) is 0 Å². The molecular formula is C9H11BrN2O2. The fourth-order valence-electron chi connectivity index (χ4n) is 1.64. The number of hydrogen-bond donors (Lipinski definition) is 1. The van der Waals surface area contributed by atoms with Crippen LogP contribution in [0.15, 0.2) is 15.6 Å². The molecule has 1 aromatic heterocycles. The van der Waals surface area contributed by atoms with Crippen LogP contribution in [-0.2, 0) is 4.74 Å². The summed E-state index contributed by atoms with van der Waals surface area (Å²) in [4.78, 5) is 18.4. The fraction of sp³-hybridized carbons (Fsp3) is 0.556. The maximum Gasteiger partial charge on any atom is 0.270 e. The molecule has 0 bridgehead atoms. The molecule has 0 amide bonds. The number of halogens is 1. The van der Waals surface area contributed by atoms with Crippen molar-refractivity contribution >= 4 is 15.9 Å². The Balaban J connectivity index is 2.29. The number of ether oxygens (including phenoxy) is 1. The van der Waals surface area contributed by atoms with Crippen molar-refractivity contribution in [2.45, 2.75) is 18.8 Å². The molecule has 76 valence electrons. The van der Waals surface area contributed by atoms with E-state index in [0.29, 0.717) is 10.3 Å². The van der Waals surface area contributed by atoms with Crippen molar-refractivity contribution in [1.82, 2.24) is 9.97 Å². The summed E-state index contributed by atoms with van der Waals surface area (Å²) in [5.41, 5.74) is 0.544. The van der Waals surface area contributed by atoms with Gasteiger partial charge in [0.15, 0.2) is 0 Å². The van der Waals surface area contributed by atoms with Crippen molar-refractivity contribution in [2.75, 3.05) is 13.2 Å². The molecule has 0 aromatic carbocycles. The predicted molar refractivity (Wildman–Crippen MR) is 55.4 cm³/mol. The van der Waals surface area contributed by atoms with E-state index in [1.54, 1.807) is 6.20 Å². The Labute approximate surface area is 89.8 Å². The first-order chi connectivity index (χ1) is 6.77. The van der Waals surface area contributed by atoms with E-state index >= 15 is 0 Å². The Morgan fingerprint density at radius 2 is 2.21 bits per heavy atom. The molecule has 1 fully saturated rings. The summed E-state index contributed by atoms with van der Waals surface area (Å²) >= 11 is 3.25. The van der Waals surface area contributed by atoms with Crippen molar-refractivity contribution in [3.8, 4) is 0 Å². The summed E-state index contributed by atoms with van der Waals surface area (Å²) in [5, 5.41) is 0. The number of aromatic nitrogens is 2. The van der Waals surface area contributed by atoms with E-state index in [1.807, 2.05) is 0 Å². The third kappa shape index (κ3) is 2.04. The van der Waals surface area contributed by atoms with Crippen LogP contribution in [0.25, 0.3) is 0 Å². The minimum Gasteiger partial charge on any atom is -0.381 e. The second-order valence-corrected chi connectivity index (χ2v) is 4.14. The zero-order valence-electron chi connectivity index (χ0n) is 7.62. The summed E-state index contributed by atoms with van der Waals surface area (Å²) in [6, 6.07) is 0. The van der Waals surface area contributed by atoms with Crippen LogP contribution in [0.1, 0.15) is 24.5 Å². The molecule has 0 radical (unpaired) electrons. The second kappa shape index (κ2) is 4.23. The van der Waals surface area contributed by atoms with E-state index in [9.17, 15) is 4.79 Å². The van der Waals surface area contributed by atoms with E-state index in [1.165, 1.54) is 0 Å². The Morgan fingerprint density at radius 1 is 1.50 bits per heavy atom. The molecule has 1 saturated heterocycles. The zero-order valence-corrected chi connectivity index (χ0v) is 9.21. The molecule has 1 aromatic rings. The molecule has 1 N–H and O–H groups in total. The second-order valence-electron chi connectivity index (χ2n) is 3.32. The highest BCUT2D eigenvalue weighted by atomic mass is 79.9. The Morgan fingerprint density at radius 3 is 2.93 bits per heavy atom. The van der Waals surface area contributed by atoms with Gasteiger partial charge in [0, 0.05) is 25.3 Å². The standard InChI is InChI=1S/C9H11BrN2O2/c10-7-5-11-9(13)8(12-7)6-1-3-14-4-2-6/h5-6H,1-4H2,(H,11,13). The third-order valence-electron chi connectivity index (χ3n) is 2.39.